The molecule has 19 heavy (non-hydrogen) atoms. The van der Waals surface area contributed by atoms with Crippen molar-refractivity contribution in [2.75, 3.05) is 0 Å². The van der Waals surface area contributed by atoms with Gasteiger partial charge in [-0.3, -0.25) is 14.0 Å². The van der Waals surface area contributed by atoms with Gasteiger partial charge in [-0.25, -0.2) is 0 Å². The van der Waals surface area contributed by atoms with E-state index in [1.807, 2.05) is 11.6 Å². The lowest BCUT2D eigenvalue weighted by molar-refractivity contribution is -0.121. The topological polar surface area (TPSA) is 67.6 Å². The molecule has 2 N–H and O–H groups in total. The van der Waals surface area contributed by atoms with Gasteiger partial charge in [-0.15, -0.1) is 0 Å². The zero-order valence-corrected chi connectivity index (χ0v) is 11.9. The van der Waals surface area contributed by atoms with Crippen molar-refractivity contribution in [1.29, 1.82) is 0 Å². The van der Waals surface area contributed by atoms with Crippen molar-refractivity contribution < 1.29 is 4.79 Å². The minimum absolute atomic E-state index is 0.0127. The third kappa shape index (κ3) is 2.18. The fourth-order valence-electron chi connectivity index (χ4n) is 2.32. The first kappa shape index (κ1) is 12.4. The molecule has 6 nitrogen and oxygen atoms in total. The first-order valence-corrected chi connectivity index (χ1v) is 6.94. The Balaban J connectivity index is 1.97. The fourth-order valence-corrected chi connectivity index (χ4v) is 2.57. The number of hydrogen-bond acceptors (Lipinski definition) is 3. The van der Waals surface area contributed by atoms with Gasteiger partial charge in [0.05, 0.1) is 5.69 Å². The highest BCUT2D eigenvalue weighted by atomic mass is 32.1. The predicted molar refractivity (Wildman–Crippen MR) is 74.4 cm³/mol. The van der Waals surface area contributed by atoms with E-state index in [1.54, 1.807) is 4.68 Å². The number of imidazole rings is 1. The van der Waals surface area contributed by atoms with Crippen LogP contribution in [0, 0.1) is 4.77 Å². The number of amides is 1. The summed E-state index contributed by atoms with van der Waals surface area (Å²) in [6.45, 7) is 2.30. The zero-order valence-electron chi connectivity index (χ0n) is 11.1. The van der Waals surface area contributed by atoms with Crippen LogP contribution in [0.4, 0.5) is 0 Å². The van der Waals surface area contributed by atoms with Crippen LogP contribution in [0.2, 0.25) is 0 Å². The van der Waals surface area contributed by atoms with Crippen LogP contribution in [0.25, 0.3) is 11.2 Å². The van der Waals surface area contributed by atoms with Gasteiger partial charge in [-0.1, -0.05) is 6.92 Å². The van der Waals surface area contributed by atoms with Crippen LogP contribution >= 0.6 is 12.2 Å². The number of fused-ring (bicyclic) bond motifs is 1. The molecule has 0 radical (unpaired) electrons. The summed E-state index contributed by atoms with van der Waals surface area (Å²) in [7, 11) is 1.87. The van der Waals surface area contributed by atoms with E-state index in [0.29, 0.717) is 10.8 Å². The number of carbonyl (C=O) groups is 1. The van der Waals surface area contributed by atoms with E-state index in [-0.39, 0.29) is 12.5 Å². The SMILES string of the molecule is CCc1nn(C)c2c1[nH]c(=S)n2CC(=O)NC1CC1. The van der Waals surface area contributed by atoms with Crippen molar-refractivity contribution in [1.82, 2.24) is 24.6 Å². The number of aromatic amines is 1. The number of nitrogens with one attached hydrogen (secondary N) is 2. The van der Waals surface area contributed by atoms with Crippen LogP contribution < -0.4 is 5.32 Å². The van der Waals surface area contributed by atoms with Crippen LogP contribution in [0.1, 0.15) is 25.5 Å². The van der Waals surface area contributed by atoms with Crippen molar-refractivity contribution in [3.8, 4) is 0 Å². The first-order chi connectivity index (χ1) is 9.10. The molecule has 2 aromatic heterocycles. The third-order valence-electron chi connectivity index (χ3n) is 3.40. The van der Waals surface area contributed by atoms with E-state index in [2.05, 4.69) is 22.3 Å². The van der Waals surface area contributed by atoms with E-state index < -0.39 is 0 Å². The summed E-state index contributed by atoms with van der Waals surface area (Å²) in [6.07, 6.45) is 3.01. The number of nitrogens with zero attached hydrogens (tertiary/aromatic N) is 3. The van der Waals surface area contributed by atoms with E-state index in [9.17, 15) is 4.79 Å². The van der Waals surface area contributed by atoms with Gasteiger partial charge in [0.2, 0.25) is 5.91 Å². The maximum absolute atomic E-state index is 11.9. The summed E-state index contributed by atoms with van der Waals surface area (Å²) < 4.78 is 4.17. The monoisotopic (exact) mass is 279 g/mol. The van der Waals surface area contributed by atoms with Gasteiger partial charge < -0.3 is 10.3 Å². The Bertz CT molecular complexity index is 691. The van der Waals surface area contributed by atoms with Crippen molar-refractivity contribution in [2.45, 2.75) is 38.8 Å². The van der Waals surface area contributed by atoms with E-state index >= 15 is 0 Å². The molecular weight excluding hydrogens is 262 g/mol. The number of aryl methyl sites for hydroxylation is 2. The molecule has 1 fully saturated rings. The maximum atomic E-state index is 11.9. The van der Waals surface area contributed by atoms with Gasteiger partial charge in [0.25, 0.3) is 0 Å². The van der Waals surface area contributed by atoms with Gasteiger partial charge >= 0.3 is 0 Å². The van der Waals surface area contributed by atoms with Gasteiger partial charge in [0.1, 0.15) is 12.1 Å². The van der Waals surface area contributed by atoms with E-state index in [1.165, 1.54) is 0 Å². The maximum Gasteiger partial charge on any atom is 0.240 e. The number of aromatic nitrogens is 4. The normalized spacial score (nSPS) is 15.1. The molecule has 7 heteroatoms. The quantitative estimate of drug-likeness (QED) is 0.828. The number of hydrogen-bond donors (Lipinski definition) is 2. The van der Waals surface area contributed by atoms with Gasteiger partial charge in [0, 0.05) is 13.1 Å². The molecule has 1 aliphatic carbocycles. The molecule has 2 heterocycles. The largest absolute Gasteiger partial charge is 0.352 e. The first-order valence-electron chi connectivity index (χ1n) is 6.54. The van der Waals surface area contributed by atoms with Crippen molar-refractivity contribution in [3.63, 3.8) is 0 Å². The van der Waals surface area contributed by atoms with Crippen LogP contribution in [0.3, 0.4) is 0 Å². The second-order valence-corrected chi connectivity index (χ2v) is 5.37. The Labute approximate surface area is 115 Å². The van der Waals surface area contributed by atoms with Crippen molar-refractivity contribution >= 4 is 29.3 Å². The number of H-pyrrole nitrogens is 1. The Morgan fingerprint density at radius 2 is 2.32 bits per heavy atom. The lowest BCUT2D eigenvalue weighted by atomic mass is 10.3. The average molecular weight is 279 g/mol. The molecule has 0 saturated heterocycles. The molecule has 0 bridgehead atoms. The minimum atomic E-state index is 0.0127. The fraction of sp³-hybridized carbons (Fsp3) is 0.583. The van der Waals surface area contributed by atoms with Gasteiger partial charge in [-0.2, -0.15) is 5.10 Å². The molecular formula is C12H17N5OS. The molecule has 0 spiro atoms. The molecule has 1 aliphatic rings. The molecule has 0 atom stereocenters. The summed E-state index contributed by atoms with van der Waals surface area (Å²) in [5.41, 5.74) is 2.80. The highest BCUT2D eigenvalue weighted by Crippen LogP contribution is 2.20. The summed E-state index contributed by atoms with van der Waals surface area (Å²) in [5, 5.41) is 7.41. The summed E-state index contributed by atoms with van der Waals surface area (Å²) >= 11 is 5.31. The standard InChI is InChI=1S/C12H17N5OS/c1-3-8-10-11(16(2)15-8)17(12(19)14-10)6-9(18)13-7-4-5-7/h7H,3-6H2,1-2H3,(H,13,18)(H,14,19). The van der Waals surface area contributed by atoms with Crippen LogP contribution in [0.15, 0.2) is 0 Å². The molecule has 0 aliphatic heterocycles. The Morgan fingerprint density at radius 3 is 2.95 bits per heavy atom. The summed E-state index contributed by atoms with van der Waals surface area (Å²) in [6, 6.07) is 0.369. The highest BCUT2D eigenvalue weighted by molar-refractivity contribution is 7.71. The number of carbonyl (C=O) groups excluding carboxylic acids is 1. The van der Waals surface area contributed by atoms with Crippen molar-refractivity contribution in [3.05, 3.63) is 10.5 Å². The second-order valence-electron chi connectivity index (χ2n) is 4.98. The summed E-state index contributed by atoms with van der Waals surface area (Å²) in [5.74, 6) is 0.0127. The molecule has 0 aromatic carbocycles. The van der Waals surface area contributed by atoms with E-state index in [4.69, 9.17) is 12.2 Å². The van der Waals surface area contributed by atoms with Crippen LogP contribution in [-0.2, 0) is 24.8 Å². The zero-order chi connectivity index (χ0) is 13.6. The van der Waals surface area contributed by atoms with Crippen molar-refractivity contribution in [2.24, 2.45) is 7.05 Å². The lowest BCUT2D eigenvalue weighted by Crippen LogP contribution is -2.29. The molecule has 3 rings (SSSR count). The average Bonchev–Trinajstić information content (AvgIpc) is 3.04. The molecule has 2 aromatic rings. The molecule has 1 amide bonds. The van der Waals surface area contributed by atoms with Crippen LogP contribution in [0.5, 0.6) is 0 Å². The van der Waals surface area contributed by atoms with Crippen LogP contribution in [-0.4, -0.2) is 31.3 Å². The molecule has 1 saturated carbocycles. The molecule has 0 unspecified atom stereocenters. The summed E-state index contributed by atoms with van der Waals surface area (Å²) in [4.78, 5) is 15.1. The highest BCUT2D eigenvalue weighted by Gasteiger charge is 2.24. The lowest BCUT2D eigenvalue weighted by Gasteiger charge is -2.05. The number of rotatable bonds is 4. The van der Waals surface area contributed by atoms with Gasteiger partial charge in [-0.05, 0) is 31.5 Å². The Kier molecular flexibility index (Phi) is 2.93. The second kappa shape index (κ2) is 4.48. The Hall–Kier alpha value is -1.63. The molecule has 102 valence electrons. The smallest absolute Gasteiger partial charge is 0.240 e. The van der Waals surface area contributed by atoms with E-state index in [0.717, 1.165) is 36.1 Å². The Morgan fingerprint density at radius 1 is 1.58 bits per heavy atom. The minimum Gasteiger partial charge on any atom is -0.352 e. The van der Waals surface area contributed by atoms with Gasteiger partial charge in [0.15, 0.2) is 10.4 Å². The third-order valence-corrected chi connectivity index (χ3v) is 3.72. The predicted octanol–water partition coefficient (Wildman–Crippen LogP) is 1.27.